The molecule has 6 nitrogen and oxygen atoms in total. The number of aliphatic imine (C=N–C) groups is 1. The maximum atomic E-state index is 5.68. The number of benzene rings is 2. The van der Waals surface area contributed by atoms with Gasteiger partial charge < -0.3 is 20.3 Å². The molecule has 1 saturated heterocycles. The molecular weight excluding hydrogens is 398 g/mol. The number of hydrogen-bond acceptors (Lipinski definition) is 4. The van der Waals surface area contributed by atoms with Crippen molar-refractivity contribution in [3.63, 3.8) is 0 Å². The van der Waals surface area contributed by atoms with Gasteiger partial charge in [-0.3, -0.25) is 4.90 Å². The smallest absolute Gasteiger partial charge is 0.191 e. The van der Waals surface area contributed by atoms with Crippen molar-refractivity contribution in [1.29, 1.82) is 0 Å². The van der Waals surface area contributed by atoms with Crippen molar-refractivity contribution in [3.8, 4) is 5.75 Å². The lowest BCUT2D eigenvalue weighted by molar-refractivity contribution is 0.239. The van der Waals surface area contributed by atoms with Gasteiger partial charge in [-0.25, -0.2) is 4.99 Å². The highest BCUT2D eigenvalue weighted by atomic mass is 16.5. The van der Waals surface area contributed by atoms with Crippen LogP contribution in [0.25, 0.3) is 0 Å². The van der Waals surface area contributed by atoms with E-state index in [-0.39, 0.29) is 6.04 Å². The Hall–Kier alpha value is -2.57. The standard InChI is InChI=1S/C26H39N5O/c1-5-27-26(28-18-21-11-10-12-22(17-21)20-30(2)3)29-19-24(31-15-8-9-16-31)23-13-6-7-14-25(23)32-4/h6-7,10-14,17,24H,5,8-9,15-16,18-20H2,1-4H3,(H2,27,28,29). The van der Waals surface area contributed by atoms with Gasteiger partial charge in [0.1, 0.15) is 5.75 Å². The van der Waals surface area contributed by atoms with Crippen LogP contribution in [0.5, 0.6) is 5.75 Å². The summed E-state index contributed by atoms with van der Waals surface area (Å²) in [5.74, 6) is 1.80. The molecule has 0 spiro atoms. The van der Waals surface area contributed by atoms with Gasteiger partial charge in [-0.2, -0.15) is 0 Å². The summed E-state index contributed by atoms with van der Waals surface area (Å²) in [7, 11) is 5.94. The van der Waals surface area contributed by atoms with Crippen LogP contribution in [0, 0.1) is 0 Å². The second kappa shape index (κ2) is 12.5. The van der Waals surface area contributed by atoms with Gasteiger partial charge in [0.15, 0.2) is 5.96 Å². The number of methoxy groups -OCH3 is 1. The minimum absolute atomic E-state index is 0.251. The average molecular weight is 438 g/mol. The number of likely N-dealkylation sites (tertiary alicyclic amines) is 1. The van der Waals surface area contributed by atoms with Crippen LogP contribution in [0.15, 0.2) is 53.5 Å². The van der Waals surface area contributed by atoms with Gasteiger partial charge >= 0.3 is 0 Å². The SMILES string of the molecule is CCNC(=NCc1cccc(CN(C)C)c1)NCC(c1ccccc1OC)N1CCCC1. The molecule has 1 atom stereocenters. The van der Waals surface area contributed by atoms with Crippen molar-refractivity contribution in [3.05, 3.63) is 65.2 Å². The summed E-state index contributed by atoms with van der Waals surface area (Å²) in [6.07, 6.45) is 2.51. The maximum Gasteiger partial charge on any atom is 0.191 e. The monoisotopic (exact) mass is 437 g/mol. The zero-order chi connectivity index (χ0) is 22.8. The van der Waals surface area contributed by atoms with E-state index in [4.69, 9.17) is 9.73 Å². The number of ether oxygens (including phenoxy) is 1. The predicted molar refractivity (Wildman–Crippen MR) is 133 cm³/mol. The van der Waals surface area contributed by atoms with Gasteiger partial charge in [-0.15, -0.1) is 0 Å². The molecule has 1 unspecified atom stereocenters. The van der Waals surface area contributed by atoms with Crippen LogP contribution < -0.4 is 15.4 Å². The second-order valence-corrected chi connectivity index (χ2v) is 8.63. The normalized spacial score (nSPS) is 15.7. The molecule has 0 aromatic heterocycles. The number of hydrogen-bond donors (Lipinski definition) is 2. The topological polar surface area (TPSA) is 52.1 Å². The molecule has 1 aliphatic rings. The van der Waals surface area contributed by atoms with E-state index in [1.807, 2.05) is 6.07 Å². The van der Waals surface area contributed by atoms with Gasteiger partial charge in [0.2, 0.25) is 0 Å². The Bertz CT molecular complexity index is 861. The van der Waals surface area contributed by atoms with E-state index >= 15 is 0 Å². The number of nitrogens with one attached hydrogen (secondary N) is 2. The lowest BCUT2D eigenvalue weighted by Crippen LogP contribution is -2.42. The van der Waals surface area contributed by atoms with E-state index in [0.717, 1.165) is 44.4 Å². The molecule has 1 aliphatic heterocycles. The third kappa shape index (κ3) is 6.97. The summed E-state index contributed by atoms with van der Waals surface area (Å²) in [4.78, 5) is 9.61. The van der Waals surface area contributed by atoms with Gasteiger partial charge in [-0.05, 0) is 64.1 Å². The van der Waals surface area contributed by atoms with Crippen LogP contribution in [0.1, 0.15) is 42.5 Å². The Morgan fingerprint density at radius 3 is 2.53 bits per heavy atom. The molecule has 0 aliphatic carbocycles. The van der Waals surface area contributed by atoms with Crippen LogP contribution in [0.2, 0.25) is 0 Å². The zero-order valence-electron chi connectivity index (χ0n) is 20.1. The Labute approximate surface area is 193 Å². The third-order valence-corrected chi connectivity index (χ3v) is 5.80. The summed E-state index contributed by atoms with van der Waals surface area (Å²) in [6, 6.07) is 17.3. The lowest BCUT2D eigenvalue weighted by atomic mass is 10.0. The van der Waals surface area contributed by atoms with Gasteiger partial charge in [0.05, 0.1) is 19.7 Å². The lowest BCUT2D eigenvalue weighted by Gasteiger charge is -2.30. The fourth-order valence-electron chi connectivity index (χ4n) is 4.33. The minimum Gasteiger partial charge on any atom is -0.496 e. The Balaban J connectivity index is 1.72. The molecule has 0 amide bonds. The molecule has 6 heteroatoms. The first kappa shape index (κ1) is 24.1. The molecule has 1 heterocycles. The van der Waals surface area contributed by atoms with Crippen molar-refractivity contribution in [1.82, 2.24) is 20.4 Å². The summed E-state index contributed by atoms with van der Waals surface area (Å²) in [5.41, 5.74) is 3.77. The minimum atomic E-state index is 0.251. The number of guanidine groups is 1. The average Bonchev–Trinajstić information content (AvgIpc) is 3.32. The molecule has 2 N–H and O–H groups in total. The molecule has 3 rings (SSSR count). The van der Waals surface area contributed by atoms with E-state index in [1.54, 1.807) is 7.11 Å². The van der Waals surface area contributed by atoms with E-state index in [1.165, 1.54) is 29.5 Å². The highest BCUT2D eigenvalue weighted by molar-refractivity contribution is 5.79. The van der Waals surface area contributed by atoms with E-state index < -0.39 is 0 Å². The Morgan fingerprint density at radius 2 is 1.81 bits per heavy atom. The molecule has 0 saturated carbocycles. The van der Waals surface area contributed by atoms with Crippen LogP contribution >= 0.6 is 0 Å². The second-order valence-electron chi connectivity index (χ2n) is 8.63. The maximum absolute atomic E-state index is 5.68. The summed E-state index contributed by atoms with van der Waals surface area (Å²) < 4.78 is 5.68. The van der Waals surface area contributed by atoms with Gasteiger partial charge in [-0.1, -0.05) is 42.5 Å². The largest absolute Gasteiger partial charge is 0.496 e. The van der Waals surface area contributed by atoms with E-state index in [2.05, 4.69) is 83.9 Å². The summed E-state index contributed by atoms with van der Waals surface area (Å²) in [6.45, 7) is 7.55. The molecular formula is C26H39N5O. The summed E-state index contributed by atoms with van der Waals surface area (Å²) >= 11 is 0. The molecule has 2 aromatic rings. The molecule has 32 heavy (non-hydrogen) atoms. The fourth-order valence-corrected chi connectivity index (χ4v) is 4.33. The Morgan fingerprint density at radius 1 is 1.06 bits per heavy atom. The first-order chi connectivity index (χ1) is 15.6. The quantitative estimate of drug-likeness (QED) is 0.439. The Kier molecular flexibility index (Phi) is 9.38. The van der Waals surface area contributed by atoms with Crippen molar-refractivity contribution in [2.24, 2.45) is 4.99 Å². The van der Waals surface area contributed by atoms with Crippen LogP contribution in [-0.2, 0) is 13.1 Å². The molecule has 2 aromatic carbocycles. The summed E-state index contributed by atoms with van der Waals surface area (Å²) in [5, 5.41) is 7.00. The molecule has 1 fully saturated rings. The molecule has 0 radical (unpaired) electrons. The van der Waals surface area contributed by atoms with Crippen molar-refractivity contribution in [2.45, 2.75) is 38.9 Å². The molecule has 0 bridgehead atoms. The highest BCUT2D eigenvalue weighted by Crippen LogP contribution is 2.31. The van der Waals surface area contributed by atoms with Crippen LogP contribution in [-0.4, -0.2) is 63.1 Å². The van der Waals surface area contributed by atoms with Crippen LogP contribution in [0.3, 0.4) is 0 Å². The van der Waals surface area contributed by atoms with Crippen molar-refractivity contribution >= 4 is 5.96 Å². The predicted octanol–water partition coefficient (Wildman–Crippen LogP) is 3.65. The van der Waals surface area contributed by atoms with Gasteiger partial charge in [0, 0.05) is 25.2 Å². The highest BCUT2D eigenvalue weighted by Gasteiger charge is 2.26. The zero-order valence-corrected chi connectivity index (χ0v) is 20.1. The number of rotatable bonds is 10. The van der Waals surface area contributed by atoms with Crippen LogP contribution in [0.4, 0.5) is 0 Å². The van der Waals surface area contributed by atoms with Crippen molar-refractivity contribution < 1.29 is 4.74 Å². The first-order valence-electron chi connectivity index (χ1n) is 11.7. The first-order valence-corrected chi connectivity index (χ1v) is 11.7. The fraction of sp³-hybridized carbons (Fsp3) is 0.500. The van der Waals surface area contributed by atoms with Gasteiger partial charge in [0.25, 0.3) is 0 Å². The number of nitrogens with zero attached hydrogens (tertiary/aromatic N) is 3. The van der Waals surface area contributed by atoms with E-state index in [0.29, 0.717) is 6.54 Å². The van der Waals surface area contributed by atoms with E-state index in [9.17, 15) is 0 Å². The number of para-hydroxylation sites is 1. The van der Waals surface area contributed by atoms with Crippen molar-refractivity contribution in [2.75, 3.05) is 47.4 Å². The third-order valence-electron chi connectivity index (χ3n) is 5.80. The molecule has 174 valence electrons.